The molecule has 0 unspecified atom stereocenters. The molecule has 0 N–H and O–H groups in total. The van der Waals surface area contributed by atoms with Gasteiger partial charge in [0, 0.05) is 18.3 Å². The van der Waals surface area contributed by atoms with Crippen LogP contribution in [-0.4, -0.2) is 9.36 Å². The second kappa shape index (κ2) is 5.44. The van der Waals surface area contributed by atoms with Crippen molar-refractivity contribution in [3.05, 3.63) is 76.7 Å². The van der Waals surface area contributed by atoms with Crippen molar-refractivity contribution < 1.29 is 0 Å². The van der Waals surface area contributed by atoms with E-state index in [9.17, 15) is 4.79 Å². The Morgan fingerprint density at radius 2 is 1.52 bits per heavy atom. The first kappa shape index (κ1) is 13.4. The van der Waals surface area contributed by atoms with Gasteiger partial charge in [0.1, 0.15) is 0 Å². The molecule has 0 aliphatic carbocycles. The second-order valence-electron chi connectivity index (χ2n) is 5.06. The van der Waals surface area contributed by atoms with Gasteiger partial charge in [-0.25, -0.2) is 4.68 Å². The molecule has 0 bridgehead atoms. The molecular weight excluding hydrogens is 260 g/mol. The van der Waals surface area contributed by atoms with Crippen LogP contribution in [0.25, 0.3) is 16.8 Å². The molecule has 3 nitrogen and oxygen atoms in total. The smallest absolute Gasteiger partial charge is 0.271 e. The third-order valence-electron chi connectivity index (χ3n) is 3.71. The third-order valence-corrected chi connectivity index (χ3v) is 3.71. The molecule has 0 atom stereocenters. The van der Waals surface area contributed by atoms with E-state index in [1.165, 1.54) is 5.56 Å². The van der Waals surface area contributed by atoms with Crippen molar-refractivity contribution in [1.82, 2.24) is 9.36 Å². The van der Waals surface area contributed by atoms with Gasteiger partial charge in [0.15, 0.2) is 0 Å². The Morgan fingerprint density at radius 1 is 0.905 bits per heavy atom. The summed E-state index contributed by atoms with van der Waals surface area (Å²) < 4.78 is 3.71. The highest BCUT2D eigenvalue weighted by atomic mass is 16.1. The van der Waals surface area contributed by atoms with Gasteiger partial charge < -0.3 is 0 Å². The van der Waals surface area contributed by atoms with Gasteiger partial charge in [-0.2, -0.15) is 0 Å². The van der Waals surface area contributed by atoms with Crippen LogP contribution in [0.2, 0.25) is 0 Å². The molecule has 0 amide bonds. The van der Waals surface area contributed by atoms with Crippen LogP contribution >= 0.6 is 0 Å². The molecule has 3 heteroatoms. The van der Waals surface area contributed by atoms with Crippen LogP contribution in [0.5, 0.6) is 0 Å². The largest absolute Gasteiger partial charge is 0.283 e. The molecule has 0 aliphatic rings. The molecule has 0 fully saturated rings. The molecule has 0 saturated carbocycles. The van der Waals surface area contributed by atoms with Gasteiger partial charge >= 0.3 is 0 Å². The number of rotatable bonds is 3. The van der Waals surface area contributed by atoms with Crippen molar-refractivity contribution in [1.29, 1.82) is 0 Å². The van der Waals surface area contributed by atoms with E-state index in [2.05, 4.69) is 24.3 Å². The van der Waals surface area contributed by atoms with E-state index in [0.717, 1.165) is 23.5 Å². The monoisotopic (exact) mass is 278 g/mol. The zero-order valence-corrected chi connectivity index (χ0v) is 12.3. The highest BCUT2D eigenvalue weighted by Gasteiger charge is 2.08. The number of hydrogen-bond donors (Lipinski definition) is 0. The molecule has 106 valence electrons. The Bertz CT molecular complexity index is 795. The Morgan fingerprint density at radius 3 is 2.14 bits per heavy atom. The summed E-state index contributed by atoms with van der Waals surface area (Å²) in [4.78, 5) is 12.1. The normalized spacial score (nSPS) is 10.8. The van der Waals surface area contributed by atoms with Crippen molar-refractivity contribution in [3.63, 3.8) is 0 Å². The van der Waals surface area contributed by atoms with Crippen LogP contribution in [0.3, 0.4) is 0 Å². The highest BCUT2D eigenvalue weighted by molar-refractivity contribution is 5.64. The first-order valence-corrected chi connectivity index (χ1v) is 7.16. The summed E-state index contributed by atoms with van der Waals surface area (Å²) >= 11 is 0. The zero-order chi connectivity index (χ0) is 14.8. The lowest BCUT2D eigenvalue weighted by Crippen LogP contribution is -2.20. The molecule has 0 radical (unpaired) electrons. The van der Waals surface area contributed by atoms with E-state index in [1.807, 2.05) is 48.9 Å². The van der Waals surface area contributed by atoms with Crippen molar-refractivity contribution in [3.8, 4) is 16.8 Å². The Balaban J connectivity index is 2.05. The van der Waals surface area contributed by atoms with E-state index in [0.29, 0.717) is 0 Å². The van der Waals surface area contributed by atoms with Gasteiger partial charge in [0.2, 0.25) is 0 Å². The van der Waals surface area contributed by atoms with Crippen LogP contribution in [-0.2, 0) is 6.54 Å². The minimum atomic E-state index is 0.0156. The number of nitrogens with zero attached hydrogens (tertiary/aromatic N) is 2. The number of benzene rings is 2. The van der Waals surface area contributed by atoms with Crippen LogP contribution < -0.4 is 5.56 Å². The fraction of sp³-hybridized carbons (Fsp3) is 0.167. The average Bonchev–Trinajstić information content (AvgIpc) is 2.82. The van der Waals surface area contributed by atoms with Crippen molar-refractivity contribution >= 4 is 0 Å². The minimum Gasteiger partial charge on any atom is -0.283 e. The molecule has 1 aromatic heterocycles. The van der Waals surface area contributed by atoms with Gasteiger partial charge in [0.25, 0.3) is 5.56 Å². The summed E-state index contributed by atoms with van der Waals surface area (Å²) in [5.74, 6) is 0. The maximum atomic E-state index is 12.1. The summed E-state index contributed by atoms with van der Waals surface area (Å²) in [5, 5.41) is 0. The first-order valence-electron chi connectivity index (χ1n) is 7.16. The molecule has 0 spiro atoms. The number of aromatic nitrogens is 2. The van der Waals surface area contributed by atoms with E-state index in [4.69, 9.17) is 0 Å². The number of aryl methyl sites for hydroxylation is 1. The maximum Gasteiger partial charge on any atom is 0.271 e. The number of hydrogen-bond acceptors (Lipinski definition) is 1. The highest BCUT2D eigenvalue weighted by Crippen LogP contribution is 2.20. The molecular formula is C18H18N2O. The van der Waals surface area contributed by atoms with Gasteiger partial charge in [-0.05, 0) is 37.1 Å². The molecule has 0 saturated heterocycles. The summed E-state index contributed by atoms with van der Waals surface area (Å²) in [6.45, 7) is 4.77. The van der Waals surface area contributed by atoms with E-state index < -0.39 is 0 Å². The first-order chi connectivity index (χ1) is 10.2. The second-order valence-corrected chi connectivity index (χ2v) is 5.06. The maximum absolute atomic E-state index is 12.1. The van der Waals surface area contributed by atoms with Crippen molar-refractivity contribution in [2.75, 3.05) is 0 Å². The fourth-order valence-corrected chi connectivity index (χ4v) is 2.67. The third kappa shape index (κ3) is 2.42. The predicted octanol–water partition coefficient (Wildman–Crippen LogP) is 3.63. The summed E-state index contributed by atoms with van der Waals surface area (Å²) in [7, 11) is 0. The zero-order valence-electron chi connectivity index (χ0n) is 12.3. The molecule has 1 heterocycles. The summed E-state index contributed by atoms with van der Waals surface area (Å²) in [5.41, 5.74) is 4.23. The van der Waals surface area contributed by atoms with Crippen molar-refractivity contribution in [2.24, 2.45) is 0 Å². The quantitative estimate of drug-likeness (QED) is 0.718. The van der Waals surface area contributed by atoms with Crippen LogP contribution in [0.4, 0.5) is 0 Å². The average molecular weight is 278 g/mol. The van der Waals surface area contributed by atoms with Gasteiger partial charge in [-0.3, -0.25) is 9.48 Å². The lowest BCUT2D eigenvalue weighted by molar-refractivity contribution is 0.559. The lowest BCUT2D eigenvalue weighted by atomic mass is 10.1. The van der Waals surface area contributed by atoms with Gasteiger partial charge in [-0.15, -0.1) is 0 Å². The molecule has 2 aromatic carbocycles. The fourth-order valence-electron chi connectivity index (χ4n) is 2.67. The van der Waals surface area contributed by atoms with E-state index >= 15 is 0 Å². The lowest BCUT2D eigenvalue weighted by Gasteiger charge is -2.12. The molecule has 3 rings (SSSR count). The minimum absolute atomic E-state index is 0.0156. The van der Waals surface area contributed by atoms with E-state index in [1.54, 1.807) is 10.7 Å². The van der Waals surface area contributed by atoms with Gasteiger partial charge in [-0.1, -0.05) is 42.5 Å². The standard InChI is InChI=1S/C18H18N2O/c1-3-19-14(2)13-18(21)20(19)17-11-9-16(10-12-17)15-7-5-4-6-8-15/h4-13H,3H2,1-2H3. The Kier molecular flexibility index (Phi) is 3.48. The van der Waals surface area contributed by atoms with Crippen LogP contribution in [0.1, 0.15) is 12.6 Å². The van der Waals surface area contributed by atoms with Crippen LogP contribution in [0.15, 0.2) is 65.5 Å². The Labute approximate surface area is 124 Å². The topological polar surface area (TPSA) is 26.9 Å². The molecule has 3 aromatic rings. The molecule has 0 aliphatic heterocycles. The van der Waals surface area contributed by atoms with Crippen molar-refractivity contribution in [2.45, 2.75) is 20.4 Å². The SMILES string of the molecule is CCn1c(C)cc(=O)n1-c1ccc(-c2ccccc2)cc1. The van der Waals surface area contributed by atoms with E-state index in [-0.39, 0.29) is 5.56 Å². The summed E-state index contributed by atoms with van der Waals surface area (Å²) in [6, 6.07) is 20.0. The van der Waals surface area contributed by atoms with Gasteiger partial charge in [0.05, 0.1) is 5.69 Å². The predicted molar refractivity (Wildman–Crippen MR) is 85.9 cm³/mol. The van der Waals surface area contributed by atoms with Crippen LogP contribution in [0, 0.1) is 6.92 Å². The summed E-state index contributed by atoms with van der Waals surface area (Å²) in [6.07, 6.45) is 0. The Hall–Kier alpha value is -2.55. The molecule has 21 heavy (non-hydrogen) atoms.